The number of halogens is 2. The van der Waals surface area contributed by atoms with Crippen LogP contribution in [-0.4, -0.2) is 74.7 Å². The topological polar surface area (TPSA) is 42.9 Å². The van der Waals surface area contributed by atoms with E-state index in [9.17, 15) is 4.39 Å². The molecule has 2 heterocycles. The van der Waals surface area contributed by atoms with Crippen LogP contribution in [0.1, 0.15) is 19.3 Å². The average molecular weight is 521 g/mol. The largest absolute Gasteiger partial charge is 0.367 e. The van der Waals surface area contributed by atoms with Crippen molar-refractivity contribution in [3.63, 3.8) is 0 Å². The summed E-state index contributed by atoms with van der Waals surface area (Å²) < 4.78 is 13.9. The van der Waals surface area contributed by atoms with E-state index in [-0.39, 0.29) is 29.8 Å². The lowest BCUT2D eigenvalue weighted by atomic mass is 10.2. The standard InChI is InChI=1S/C20H32FN5S.HI/c1-22-20(24-17-6-4-15-27-16-17)23-9-5-10-25-11-13-26(14-12-25)19-8-3-2-7-18(19)21;/h2-3,7-8,17H,4-6,9-16H2,1H3,(H2,22,23,24);1H. The van der Waals surface area contributed by atoms with Crippen molar-refractivity contribution in [2.75, 3.05) is 62.7 Å². The molecule has 0 aliphatic carbocycles. The van der Waals surface area contributed by atoms with E-state index in [1.54, 1.807) is 12.1 Å². The molecule has 158 valence electrons. The van der Waals surface area contributed by atoms with Crippen molar-refractivity contribution in [2.24, 2.45) is 4.99 Å². The van der Waals surface area contributed by atoms with Gasteiger partial charge in [-0.3, -0.25) is 9.89 Å². The number of thioether (sulfide) groups is 1. The molecular weight excluding hydrogens is 488 g/mol. The SMILES string of the molecule is CN=C(NCCCN1CCN(c2ccccc2F)CC1)NC1CCCSC1.I. The van der Waals surface area contributed by atoms with Crippen LogP contribution in [0.4, 0.5) is 10.1 Å². The summed E-state index contributed by atoms with van der Waals surface area (Å²) in [5.41, 5.74) is 0.731. The smallest absolute Gasteiger partial charge is 0.191 e. The lowest BCUT2D eigenvalue weighted by Crippen LogP contribution is -2.48. The molecule has 1 atom stereocenters. The molecule has 2 saturated heterocycles. The first kappa shape index (κ1) is 23.5. The number of rotatable bonds is 6. The maximum atomic E-state index is 13.9. The lowest BCUT2D eigenvalue weighted by molar-refractivity contribution is 0.254. The van der Waals surface area contributed by atoms with Crippen molar-refractivity contribution >= 4 is 47.4 Å². The number of nitrogens with one attached hydrogen (secondary N) is 2. The molecule has 3 rings (SSSR count). The van der Waals surface area contributed by atoms with Crippen LogP contribution in [0.5, 0.6) is 0 Å². The number of para-hydroxylation sites is 1. The van der Waals surface area contributed by atoms with Crippen molar-refractivity contribution in [3.05, 3.63) is 30.1 Å². The third kappa shape index (κ3) is 7.26. The van der Waals surface area contributed by atoms with Gasteiger partial charge in [0.15, 0.2) is 5.96 Å². The number of piperazine rings is 1. The Labute approximate surface area is 189 Å². The van der Waals surface area contributed by atoms with Gasteiger partial charge < -0.3 is 15.5 Å². The van der Waals surface area contributed by atoms with Crippen LogP contribution in [-0.2, 0) is 0 Å². The molecule has 0 saturated carbocycles. The molecule has 1 aromatic carbocycles. The number of hydrogen-bond donors (Lipinski definition) is 2. The Hall–Kier alpha value is -0.740. The van der Waals surface area contributed by atoms with Crippen molar-refractivity contribution in [1.29, 1.82) is 0 Å². The second-order valence-electron chi connectivity index (χ2n) is 7.19. The summed E-state index contributed by atoms with van der Waals surface area (Å²) in [4.78, 5) is 8.96. The van der Waals surface area contributed by atoms with Gasteiger partial charge in [-0.25, -0.2) is 4.39 Å². The lowest BCUT2D eigenvalue weighted by Gasteiger charge is -2.36. The van der Waals surface area contributed by atoms with Gasteiger partial charge in [-0.1, -0.05) is 12.1 Å². The summed E-state index contributed by atoms with van der Waals surface area (Å²) >= 11 is 2.02. The van der Waals surface area contributed by atoms with E-state index in [0.29, 0.717) is 6.04 Å². The summed E-state index contributed by atoms with van der Waals surface area (Å²) in [6, 6.07) is 7.61. The number of nitrogens with zero attached hydrogens (tertiary/aromatic N) is 3. The molecule has 28 heavy (non-hydrogen) atoms. The van der Waals surface area contributed by atoms with Gasteiger partial charge in [0.1, 0.15) is 5.82 Å². The highest BCUT2D eigenvalue weighted by Gasteiger charge is 2.19. The zero-order valence-electron chi connectivity index (χ0n) is 16.7. The van der Waals surface area contributed by atoms with E-state index in [1.807, 2.05) is 30.9 Å². The molecule has 1 aromatic rings. The second-order valence-corrected chi connectivity index (χ2v) is 8.34. The Bertz CT molecular complexity index is 604. The first-order valence-electron chi connectivity index (χ1n) is 10.0. The summed E-state index contributed by atoms with van der Waals surface area (Å²) in [5.74, 6) is 3.26. The van der Waals surface area contributed by atoms with Crippen molar-refractivity contribution in [3.8, 4) is 0 Å². The molecule has 2 aliphatic rings. The number of aliphatic imine (C=N–C) groups is 1. The van der Waals surface area contributed by atoms with E-state index in [4.69, 9.17) is 0 Å². The van der Waals surface area contributed by atoms with Crippen LogP contribution < -0.4 is 15.5 Å². The van der Waals surface area contributed by atoms with Gasteiger partial charge in [0.05, 0.1) is 5.69 Å². The van der Waals surface area contributed by atoms with Crippen LogP contribution in [0.2, 0.25) is 0 Å². The zero-order valence-corrected chi connectivity index (χ0v) is 19.8. The van der Waals surface area contributed by atoms with E-state index in [1.165, 1.54) is 24.3 Å². The zero-order chi connectivity index (χ0) is 18.9. The second kappa shape index (κ2) is 12.7. The number of anilines is 1. The third-order valence-electron chi connectivity index (χ3n) is 5.23. The minimum absolute atomic E-state index is 0. The Morgan fingerprint density at radius 2 is 2.04 bits per heavy atom. The Morgan fingerprint density at radius 1 is 1.25 bits per heavy atom. The number of benzene rings is 1. The molecule has 1 unspecified atom stereocenters. The molecule has 5 nitrogen and oxygen atoms in total. The van der Waals surface area contributed by atoms with E-state index < -0.39 is 0 Å². The maximum absolute atomic E-state index is 13.9. The van der Waals surface area contributed by atoms with Gasteiger partial charge in [-0.15, -0.1) is 24.0 Å². The normalized spacial score (nSPS) is 21.1. The number of guanidine groups is 1. The molecule has 0 amide bonds. The van der Waals surface area contributed by atoms with Crippen LogP contribution in [0.25, 0.3) is 0 Å². The summed E-state index contributed by atoms with van der Waals surface area (Å²) in [7, 11) is 1.84. The van der Waals surface area contributed by atoms with Crippen molar-refractivity contribution < 1.29 is 4.39 Å². The van der Waals surface area contributed by atoms with Crippen LogP contribution >= 0.6 is 35.7 Å². The molecule has 8 heteroatoms. The first-order chi connectivity index (χ1) is 13.3. The van der Waals surface area contributed by atoms with Crippen LogP contribution in [0.15, 0.2) is 29.3 Å². The molecule has 0 radical (unpaired) electrons. The van der Waals surface area contributed by atoms with E-state index >= 15 is 0 Å². The highest BCUT2D eigenvalue weighted by atomic mass is 127. The van der Waals surface area contributed by atoms with E-state index in [0.717, 1.165) is 57.3 Å². The Morgan fingerprint density at radius 3 is 2.71 bits per heavy atom. The molecule has 2 fully saturated rings. The van der Waals surface area contributed by atoms with Crippen LogP contribution in [0.3, 0.4) is 0 Å². The van der Waals surface area contributed by atoms with Gasteiger partial charge in [0.2, 0.25) is 0 Å². The Balaban J connectivity index is 0.00000280. The predicted molar refractivity (Wildman–Crippen MR) is 130 cm³/mol. The average Bonchev–Trinajstić information content (AvgIpc) is 2.72. The number of hydrogen-bond acceptors (Lipinski definition) is 4. The molecule has 0 spiro atoms. The molecule has 0 aromatic heterocycles. The van der Waals surface area contributed by atoms with Gasteiger partial charge >= 0.3 is 0 Å². The fourth-order valence-electron chi connectivity index (χ4n) is 3.67. The Kier molecular flexibility index (Phi) is 10.7. The van der Waals surface area contributed by atoms with Gasteiger partial charge in [-0.2, -0.15) is 11.8 Å². The quantitative estimate of drug-likeness (QED) is 0.261. The third-order valence-corrected chi connectivity index (χ3v) is 6.45. The molecule has 2 aliphatic heterocycles. The van der Waals surface area contributed by atoms with Gasteiger partial charge in [0, 0.05) is 51.6 Å². The van der Waals surface area contributed by atoms with Gasteiger partial charge in [0.25, 0.3) is 0 Å². The van der Waals surface area contributed by atoms with Crippen molar-refractivity contribution in [1.82, 2.24) is 15.5 Å². The monoisotopic (exact) mass is 521 g/mol. The highest BCUT2D eigenvalue weighted by molar-refractivity contribution is 14.0. The predicted octanol–water partition coefficient (Wildman–Crippen LogP) is 3.02. The molecular formula is C20H33FIN5S. The van der Waals surface area contributed by atoms with E-state index in [2.05, 4.69) is 25.4 Å². The summed E-state index contributed by atoms with van der Waals surface area (Å²) in [6.45, 7) is 5.73. The fourth-order valence-corrected chi connectivity index (χ4v) is 4.74. The van der Waals surface area contributed by atoms with Gasteiger partial charge in [-0.05, 0) is 43.7 Å². The minimum Gasteiger partial charge on any atom is -0.367 e. The maximum Gasteiger partial charge on any atom is 0.191 e. The molecule has 0 bridgehead atoms. The fraction of sp³-hybridized carbons (Fsp3) is 0.650. The summed E-state index contributed by atoms with van der Waals surface area (Å²) in [6.07, 6.45) is 3.61. The van der Waals surface area contributed by atoms with Crippen molar-refractivity contribution in [2.45, 2.75) is 25.3 Å². The van der Waals surface area contributed by atoms with Crippen LogP contribution in [0, 0.1) is 5.82 Å². The highest BCUT2D eigenvalue weighted by Crippen LogP contribution is 2.20. The minimum atomic E-state index is -0.120. The first-order valence-corrected chi connectivity index (χ1v) is 11.2. The summed E-state index contributed by atoms with van der Waals surface area (Å²) in [5, 5.41) is 6.98. The molecule has 2 N–H and O–H groups in total.